The molecule has 1 N–H and O–H groups in total. The van der Waals surface area contributed by atoms with Gasteiger partial charge in [0.25, 0.3) is 0 Å². The van der Waals surface area contributed by atoms with Crippen LogP contribution in [0.25, 0.3) is 0 Å². The summed E-state index contributed by atoms with van der Waals surface area (Å²) in [6, 6.07) is 3.42. The maximum absolute atomic E-state index is 13.3. The molecule has 0 spiro atoms. The Kier molecular flexibility index (Phi) is 6.15. The van der Waals surface area contributed by atoms with E-state index < -0.39 is 17.6 Å². The lowest BCUT2D eigenvalue weighted by atomic mass is 10.2. The Morgan fingerprint density at radius 3 is 2.74 bits per heavy atom. The van der Waals surface area contributed by atoms with Gasteiger partial charge >= 0.3 is 5.97 Å². The van der Waals surface area contributed by atoms with Crippen LogP contribution in [0.4, 0.5) is 8.78 Å². The van der Waals surface area contributed by atoms with E-state index in [4.69, 9.17) is 4.74 Å². The fourth-order valence-corrected chi connectivity index (χ4v) is 1.39. The third-order valence-corrected chi connectivity index (χ3v) is 2.26. The van der Waals surface area contributed by atoms with Gasteiger partial charge in [0.1, 0.15) is 18.2 Å². The van der Waals surface area contributed by atoms with Crippen LogP contribution in [0.2, 0.25) is 0 Å². The first-order valence-corrected chi connectivity index (χ1v) is 5.95. The second kappa shape index (κ2) is 7.63. The highest BCUT2D eigenvalue weighted by atomic mass is 19.1. The van der Waals surface area contributed by atoms with Gasteiger partial charge in [-0.3, -0.25) is 0 Å². The van der Waals surface area contributed by atoms with Crippen molar-refractivity contribution in [2.75, 3.05) is 13.2 Å². The molecule has 1 aromatic rings. The van der Waals surface area contributed by atoms with Crippen LogP contribution in [0, 0.1) is 11.6 Å². The van der Waals surface area contributed by atoms with Gasteiger partial charge in [-0.05, 0) is 19.9 Å². The minimum absolute atomic E-state index is 0.200. The first-order valence-electron chi connectivity index (χ1n) is 5.95. The van der Waals surface area contributed by atoms with Crippen LogP contribution in [0.15, 0.2) is 29.8 Å². The largest absolute Gasteiger partial charge is 0.461 e. The Morgan fingerprint density at radius 1 is 1.37 bits per heavy atom. The average Bonchev–Trinajstić information content (AvgIpc) is 2.30. The van der Waals surface area contributed by atoms with Gasteiger partial charge in [-0.2, -0.15) is 0 Å². The number of rotatable bonds is 6. The molecule has 0 heterocycles. The maximum atomic E-state index is 13.3. The lowest BCUT2D eigenvalue weighted by Gasteiger charge is -2.06. The number of carbonyl (C=O) groups is 1. The van der Waals surface area contributed by atoms with E-state index in [2.05, 4.69) is 5.32 Å². The summed E-state index contributed by atoms with van der Waals surface area (Å²) in [4.78, 5) is 11.2. The lowest BCUT2D eigenvalue weighted by Crippen LogP contribution is -2.21. The number of benzene rings is 1. The normalized spacial score (nSPS) is 10.1. The van der Waals surface area contributed by atoms with Crippen molar-refractivity contribution in [2.24, 2.45) is 0 Å². The molecule has 0 aliphatic heterocycles. The molecule has 0 saturated carbocycles. The number of hydrogen-bond acceptors (Lipinski definition) is 3. The van der Waals surface area contributed by atoms with Gasteiger partial charge in [0, 0.05) is 30.8 Å². The van der Waals surface area contributed by atoms with Crippen molar-refractivity contribution in [1.29, 1.82) is 0 Å². The van der Waals surface area contributed by atoms with E-state index in [9.17, 15) is 13.6 Å². The van der Waals surface area contributed by atoms with Crippen molar-refractivity contribution in [3.05, 3.63) is 47.0 Å². The van der Waals surface area contributed by atoms with E-state index >= 15 is 0 Å². The van der Waals surface area contributed by atoms with Crippen molar-refractivity contribution in [3.63, 3.8) is 0 Å². The number of carbonyl (C=O) groups excluding carboxylic acids is 1. The molecule has 0 radical (unpaired) electrons. The molecule has 0 amide bonds. The predicted molar refractivity (Wildman–Crippen MR) is 68.5 cm³/mol. The Hall–Kier alpha value is -1.75. The molecule has 5 heteroatoms. The average molecular weight is 269 g/mol. The van der Waals surface area contributed by atoms with Crippen molar-refractivity contribution in [3.8, 4) is 0 Å². The summed E-state index contributed by atoms with van der Waals surface area (Å²) in [5, 5.41) is 2.91. The minimum atomic E-state index is -0.600. The number of ether oxygens (including phenoxy) is 1. The summed E-state index contributed by atoms with van der Waals surface area (Å²) >= 11 is 0. The fourth-order valence-electron chi connectivity index (χ4n) is 1.39. The van der Waals surface area contributed by atoms with E-state index in [1.165, 1.54) is 18.2 Å². The number of allylic oxidation sites excluding steroid dienone is 1. The molecule has 0 aliphatic rings. The Morgan fingerprint density at radius 2 is 2.11 bits per heavy atom. The molecular formula is C14H17F2NO2. The molecule has 0 aromatic heterocycles. The smallest absolute Gasteiger partial charge is 0.330 e. The first-order chi connectivity index (χ1) is 8.99. The van der Waals surface area contributed by atoms with Crippen molar-refractivity contribution in [1.82, 2.24) is 5.32 Å². The summed E-state index contributed by atoms with van der Waals surface area (Å²) in [5.74, 6) is -1.58. The number of nitrogens with one attached hydrogen (secondary N) is 1. The van der Waals surface area contributed by atoms with Crippen molar-refractivity contribution < 1.29 is 18.3 Å². The van der Waals surface area contributed by atoms with Crippen LogP contribution >= 0.6 is 0 Å². The topological polar surface area (TPSA) is 38.3 Å². The van der Waals surface area contributed by atoms with Crippen LogP contribution < -0.4 is 5.32 Å². The Balaban J connectivity index is 2.24. The van der Waals surface area contributed by atoms with Crippen LogP contribution in [0.5, 0.6) is 0 Å². The van der Waals surface area contributed by atoms with Crippen molar-refractivity contribution >= 4 is 5.97 Å². The monoisotopic (exact) mass is 269 g/mol. The summed E-state index contributed by atoms with van der Waals surface area (Å²) in [5.41, 5.74) is 1.24. The molecule has 0 unspecified atom stereocenters. The summed E-state index contributed by atoms with van der Waals surface area (Å²) in [6.07, 6.45) is 1.40. The van der Waals surface area contributed by atoms with Gasteiger partial charge in [0.05, 0.1) is 0 Å². The minimum Gasteiger partial charge on any atom is -0.461 e. The zero-order valence-electron chi connectivity index (χ0n) is 11.0. The molecule has 19 heavy (non-hydrogen) atoms. The fraction of sp³-hybridized carbons (Fsp3) is 0.357. The molecular weight excluding hydrogens is 252 g/mol. The number of esters is 1. The van der Waals surface area contributed by atoms with E-state index in [0.717, 1.165) is 11.6 Å². The van der Waals surface area contributed by atoms with E-state index in [0.29, 0.717) is 12.1 Å². The van der Waals surface area contributed by atoms with Gasteiger partial charge in [-0.15, -0.1) is 0 Å². The third-order valence-electron chi connectivity index (χ3n) is 2.26. The van der Waals surface area contributed by atoms with E-state index in [1.807, 2.05) is 0 Å². The summed E-state index contributed by atoms with van der Waals surface area (Å²) in [6.45, 7) is 4.46. The second-order valence-electron chi connectivity index (χ2n) is 4.30. The van der Waals surface area contributed by atoms with Crippen LogP contribution in [-0.2, 0) is 16.1 Å². The van der Waals surface area contributed by atoms with Gasteiger partial charge in [0.15, 0.2) is 0 Å². The Labute approximate surface area is 111 Å². The van der Waals surface area contributed by atoms with E-state index in [-0.39, 0.29) is 13.2 Å². The molecule has 3 nitrogen and oxygen atoms in total. The second-order valence-corrected chi connectivity index (χ2v) is 4.30. The third kappa shape index (κ3) is 6.10. The molecule has 0 atom stereocenters. The van der Waals surface area contributed by atoms with Gasteiger partial charge < -0.3 is 10.1 Å². The lowest BCUT2D eigenvalue weighted by molar-refractivity contribution is -0.137. The Bertz CT molecular complexity index is 469. The zero-order valence-corrected chi connectivity index (χ0v) is 11.0. The molecule has 0 fully saturated rings. The zero-order chi connectivity index (χ0) is 14.3. The van der Waals surface area contributed by atoms with Gasteiger partial charge in [0.2, 0.25) is 0 Å². The molecule has 104 valence electrons. The standard InChI is InChI=1S/C14H17F2NO2/c1-10(2)7-14(18)19-6-5-17-9-11-3-4-12(15)8-13(11)16/h3-4,7-8,17H,5-6,9H2,1-2H3. The van der Waals surface area contributed by atoms with Gasteiger partial charge in [-0.25, -0.2) is 13.6 Å². The highest BCUT2D eigenvalue weighted by Gasteiger charge is 2.03. The number of halogens is 2. The highest BCUT2D eigenvalue weighted by Crippen LogP contribution is 2.08. The molecule has 0 saturated heterocycles. The summed E-state index contributed by atoms with van der Waals surface area (Å²) in [7, 11) is 0. The SMILES string of the molecule is CC(C)=CC(=O)OCCNCc1ccc(F)cc1F. The predicted octanol–water partition coefficient (Wildman–Crippen LogP) is 2.56. The van der Waals surface area contributed by atoms with E-state index in [1.54, 1.807) is 13.8 Å². The van der Waals surface area contributed by atoms with Crippen LogP contribution in [0.1, 0.15) is 19.4 Å². The first kappa shape index (κ1) is 15.3. The molecule has 0 aliphatic carbocycles. The van der Waals surface area contributed by atoms with Gasteiger partial charge in [-0.1, -0.05) is 11.6 Å². The quantitative estimate of drug-likeness (QED) is 0.490. The van der Waals surface area contributed by atoms with Crippen LogP contribution in [-0.4, -0.2) is 19.1 Å². The molecule has 0 bridgehead atoms. The maximum Gasteiger partial charge on any atom is 0.330 e. The van der Waals surface area contributed by atoms with Crippen LogP contribution in [0.3, 0.4) is 0 Å². The molecule has 1 rings (SSSR count). The highest BCUT2D eigenvalue weighted by molar-refractivity contribution is 5.82. The molecule has 1 aromatic carbocycles. The summed E-state index contributed by atoms with van der Waals surface area (Å²) < 4.78 is 30.8. The van der Waals surface area contributed by atoms with Crippen molar-refractivity contribution in [2.45, 2.75) is 20.4 Å². The number of hydrogen-bond donors (Lipinski definition) is 1.